The maximum absolute atomic E-state index is 14.0. The summed E-state index contributed by atoms with van der Waals surface area (Å²) in [6.45, 7) is 0. The molecule has 8 nitrogen and oxygen atoms in total. The van der Waals surface area contributed by atoms with Crippen molar-refractivity contribution in [2.75, 3.05) is 12.4 Å². The number of nitrogens with one attached hydrogen (secondary N) is 2. The standard InChI is InChI=1S/C22H16FN7O/c1-31-20-10-19-18(9-16(20)23)28-21(29-19)13-4-2-5-15(8-13)27-22-24-11-14(12-25-22)17-6-3-7-26-30-17/h2-12H,1H3,(H,28,29)(H,24,25,27). The quantitative estimate of drug-likeness (QED) is 0.441. The number of benzene rings is 2. The summed E-state index contributed by atoms with van der Waals surface area (Å²) >= 11 is 0. The molecule has 0 aliphatic heterocycles. The number of ether oxygens (including phenoxy) is 1. The summed E-state index contributed by atoms with van der Waals surface area (Å²) in [5.41, 5.74) is 4.31. The highest BCUT2D eigenvalue weighted by molar-refractivity contribution is 5.81. The molecule has 5 aromatic rings. The van der Waals surface area contributed by atoms with Crippen LogP contribution in [0, 0.1) is 5.82 Å². The summed E-state index contributed by atoms with van der Waals surface area (Å²) in [6.07, 6.45) is 4.98. The third-order valence-corrected chi connectivity index (χ3v) is 4.67. The number of halogens is 1. The van der Waals surface area contributed by atoms with Crippen LogP contribution >= 0.6 is 0 Å². The predicted molar refractivity (Wildman–Crippen MR) is 114 cm³/mol. The third kappa shape index (κ3) is 3.76. The van der Waals surface area contributed by atoms with Gasteiger partial charge in [-0.05, 0) is 24.3 Å². The lowest BCUT2D eigenvalue weighted by molar-refractivity contribution is 0.387. The summed E-state index contributed by atoms with van der Waals surface area (Å²) in [5, 5.41) is 11.1. The Balaban J connectivity index is 1.40. The Labute approximate surface area is 176 Å². The highest BCUT2D eigenvalue weighted by Crippen LogP contribution is 2.28. The molecular formula is C22H16FN7O. The lowest BCUT2D eigenvalue weighted by atomic mass is 10.2. The normalized spacial score (nSPS) is 10.9. The van der Waals surface area contributed by atoms with Crippen molar-refractivity contribution in [2.24, 2.45) is 0 Å². The molecule has 0 atom stereocenters. The summed E-state index contributed by atoms with van der Waals surface area (Å²) in [7, 11) is 1.43. The SMILES string of the molecule is COc1cc2nc(-c3cccc(Nc4ncc(-c5cccnn5)cn4)c3)[nH]c2cc1F. The summed E-state index contributed by atoms with van der Waals surface area (Å²) in [4.78, 5) is 16.4. The van der Waals surface area contributed by atoms with E-state index >= 15 is 0 Å². The second-order valence-electron chi connectivity index (χ2n) is 6.70. The van der Waals surface area contributed by atoms with Gasteiger partial charge in [0.1, 0.15) is 5.82 Å². The summed E-state index contributed by atoms with van der Waals surface area (Å²) in [6, 6.07) is 14.2. The lowest BCUT2D eigenvalue weighted by Gasteiger charge is -2.06. The van der Waals surface area contributed by atoms with Gasteiger partial charge in [0.25, 0.3) is 0 Å². The van der Waals surface area contributed by atoms with Crippen molar-refractivity contribution in [3.63, 3.8) is 0 Å². The second-order valence-corrected chi connectivity index (χ2v) is 6.70. The van der Waals surface area contributed by atoms with Crippen LogP contribution < -0.4 is 10.1 Å². The van der Waals surface area contributed by atoms with Gasteiger partial charge >= 0.3 is 0 Å². The lowest BCUT2D eigenvalue weighted by Crippen LogP contribution is -1.97. The van der Waals surface area contributed by atoms with E-state index in [0.717, 1.165) is 16.8 Å². The van der Waals surface area contributed by atoms with Crippen LogP contribution in [-0.4, -0.2) is 37.2 Å². The molecular weight excluding hydrogens is 397 g/mol. The Morgan fingerprint density at radius 3 is 2.65 bits per heavy atom. The molecule has 0 spiro atoms. The van der Waals surface area contributed by atoms with Crippen LogP contribution in [0.25, 0.3) is 33.7 Å². The van der Waals surface area contributed by atoms with Gasteiger partial charge in [-0.2, -0.15) is 10.2 Å². The molecule has 9 heteroatoms. The average Bonchev–Trinajstić information content (AvgIpc) is 3.22. The van der Waals surface area contributed by atoms with Crippen LogP contribution in [0.3, 0.4) is 0 Å². The van der Waals surface area contributed by atoms with Crippen molar-refractivity contribution in [3.05, 3.63) is 72.9 Å². The van der Waals surface area contributed by atoms with Crippen molar-refractivity contribution in [1.29, 1.82) is 0 Å². The van der Waals surface area contributed by atoms with Gasteiger partial charge in [0.05, 0.1) is 23.8 Å². The molecule has 2 N–H and O–H groups in total. The number of H-pyrrole nitrogens is 1. The van der Waals surface area contributed by atoms with E-state index in [1.807, 2.05) is 36.4 Å². The Morgan fingerprint density at radius 2 is 1.87 bits per heavy atom. The highest BCUT2D eigenvalue weighted by atomic mass is 19.1. The Morgan fingerprint density at radius 1 is 1.00 bits per heavy atom. The average molecular weight is 413 g/mol. The largest absolute Gasteiger partial charge is 0.494 e. The van der Waals surface area contributed by atoms with Crippen LogP contribution in [0.15, 0.2) is 67.1 Å². The number of aromatic amines is 1. The molecule has 5 rings (SSSR count). The third-order valence-electron chi connectivity index (χ3n) is 4.67. The van der Waals surface area contributed by atoms with E-state index in [0.29, 0.717) is 28.5 Å². The Hall–Kier alpha value is -4.40. The minimum Gasteiger partial charge on any atom is -0.494 e. The van der Waals surface area contributed by atoms with Crippen molar-refractivity contribution in [2.45, 2.75) is 0 Å². The van der Waals surface area contributed by atoms with Crippen LogP contribution in [0.5, 0.6) is 5.75 Å². The van der Waals surface area contributed by atoms with E-state index in [4.69, 9.17) is 4.74 Å². The number of anilines is 2. The molecule has 31 heavy (non-hydrogen) atoms. The maximum atomic E-state index is 14.0. The van der Waals surface area contributed by atoms with E-state index in [1.165, 1.54) is 13.2 Å². The molecule has 3 heterocycles. The van der Waals surface area contributed by atoms with Crippen LogP contribution in [0.1, 0.15) is 0 Å². The van der Waals surface area contributed by atoms with Crippen molar-refractivity contribution < 1.29 is 9.13 Å². The van der Waals surface area contributed by atoms with Gasteiger partial charge in [0.15, 0.2) is 11.6 Å². The fourth-order valence-electron chi connectivity index (χ4n) is 3.16. The zero-order chi connectivity index (χ0) is 21.2. The highest BCUT2D eigenvalue weighted by Gasteiger charge is 2.11. The fraction of sp³-hybridized carbons (Fsp3) is 0.0455. The zero-order valence-corrected chi connectivity index (χ0v) is 16.4. The zero-order valence-electron chi connectivity index (χ0n) is 16.4. The number of methoxy groups -OCH3 is 1. The van der Waals surface area contributed by atoms with Gasteiger partial charge in [0.2, 0.25) is 5.95 Å². The molecule has 0 saturated carbocycles. The van der Waals surface area contributed by atoms with E-state index in [-0.39, 0.29) is 5.75 Å². The molecule has 152 valence electrons. The van der Waals surface area contributed by atoms with Gasteiger partial charge in [-0.1, -0.05) is 12.1 Å². The second kappa shape index (κ2) is 7.79. The first kappa shape index (κ1) is 18.6. The van der Waals surface area contributed by atoms with Crippen molar-refractivity contribution >= 4 is 22.7 Å². The number of imidazole rings is 1. The monoisotopic (exact) mass is 413 g/mol. The molecule has 0 amide bonds. The smallest absolute Gasteiger partial charge is 0.227 e. The first-order valence-corrected chi connectivity index (χ1v) is 9.40. The number of hydrogen-bond acceptors (Lipinski definition) is 7. The molecule has 0 unspecified atom stereocenters. The minimum atomic E-state index is -0.442. The summed E-state index contributed by atoms with van der Waals surface area (Å²) in [5.74, 6) is 0.775. The molecule has 0 radical (unpaired) electrons. The first-order valence-electron chi connectivity index (χ1n) is 9.40. The van der Waals surface area contributed by atoms with Crippen LogP contribution in [0.2, 0.25) is 0 Å². The Kier molecular flexibility index (Phi) is 4.68. The number of nitrogens with zero attached hydrogens (tertiary/aromatic N) is 5. The summed E-state index contributed by atoms with van der Waals surface area (Å²) < 4.78 is 19.0. The molecule has 0 aliphatic rings. The Bertz CT molecular complexity index is 1350. The van der Waals surface area contributed by atoms with Crippen molar-refractivity contribution in [1.82, 2.24) is 30.1 Å². The molecule has 0 fully saturated rings. The maximum Gasteiger partial charge on any atom is 0.227 e. The van der Waals surface area contributed by atoms with Crippen molar-refractivity contribution in [3.8, 4) is 28.4 Å². The van der Waals surface area contributed by atoms with Gasteiger partial charge < -0.3 is 15.0 Å². The molecule has 0 bridgehead atoms. The number of hydrogen-bond donors (Lipinski definition) is 2. The minimum absolute atomic E-state index is 0.156. The molecule has 0 aliphatic carbocycles. The molecule has 3 aromatic heterocycles. The molecule has 0 saturated heterocycles. The van der Waals surface area contributed by atoms with Gasteiger partial charge in [-0.25, -0.2) is 19.3 Å². The fourth-order valence-corrected chi connectivity index (χ4v) is 3.16. The first-order chi connectivity index (χ1) is 15.2. The predicted octanol–water partition coefficient (Wildman–Crippen LogP) is 4.37. The van der Waals surface area contributed by atoms with Crippen LogP contribution in [0.4, 0.5) is 16.0 Å². The van der Waals surface area contributed by atoms with Crippen LogP contribution in [-0.2, 0) is 0 Å². The number of aromatic nitrogens is 6. The van der Waals surface area contributed by atoms with E-state index in [2.05, 4.69) is 35.5 Å². The van der Waals surface area contributed by atoms with Gasteiger partial charge in [0, 0.05) is 47.5 Å². The van der Waals surface area contributed by atoms with E-state index < -0.39 is 5.82 Å². The number of fused-ring (bicyclic) bond motifs is 1. The number of rotatable bonds is 5. The van der Waals surface area contributed by atoms with Gasteiger partial charge in [-0.3, -0.25) is 0 Å². The topological polar surface area (TPSA) is 102 Å². The molecule has 2 aromatic carbocycles. The van der Waals surface area contributed by atoms with E-state index in [1.54, 1.807) is 24.7 Å². The van der Waals surface area contributed by atoms with E-state index in [9.17, 15) is 4.39 Å². The van der Waals surface area contributed by atoms with Gasteiger partial charge in [-0.15, -0.1) is 0 Å².